The Balaban J connectivity index is 1.81. The van der Waals surface area contributed by atoms with Gasteiger partial charge in [0.05, 0.1) is 31.4 Å². The molecule has 2 heterocycles. The number of hydrogen-bond acceptors (Lipinski definition) is 5. The number of ether oxygens (including phenoxy) is 1. The fourth-order valence-electron chi connectivity index (χ4n) is 2.55. The van der Waals surface area contributed by atoms with Gasteiger partial charge in [0.1, 0.15) is 5.82 Å². The normalized spacial score (nSPS) is 26.6. The van der Waals surface area contributed by atoms with Gasteiger partial charge in [-0.25, -0.2) is 4.98 Å². The van der Waals surface area contributed by atoms with E-state index in [1.165, 1.54) is 0 Å². The van der Waals surface area contributed by atoms with Crippen molar-refractivity contribution in [1.82, 2.24) is 19.8 Å². The standard InChI is InChI=1S/C14H26N4O2/c1-4-18(5-2)9-12-14(19)11(10-20-12)16-8-13-15-6-7-17(13)3/h6-7,11-12,14,16,19H,4-5,8-10H2,1-3H3/t11?,12-,14+/m0/s1. The molecule has 2 rings (SSSR count). The van der Waals surface area contributed by atoms with Gasteiger partial charge in [-0.2, -0.15) is 0 Å². The van der Waals surface area contributed by atoms with Gasteiger partial charge < -0.3 is 24.6 Å². The van der Waals surface area contributed by atoms with E-state index in [1.54, 1.807) is 6.20 Å². The van der Waals surface area contributed by atoms with Crippen molar-refractivity contribution in [3.63, 3.8) is 0 Å². The zero-order valence-corrected chi connectivity index (χ0v) is 12.6. The lowest BCUT2D eigenvalue weighted by molar-refractivity contribution is 0.0170. The molecule has 2 N–H and O–H groups in total. The molecule has 1 aliphatic heterocycles. The van der Waals surface area contributed by atoms with E-state index in [0.717, 1.165) is 25.5 Å². The molecular formula is C14H26N4O2. The van der Waals surface area contributed by atoms with E-state index in [-0.39, 0.29) is 12.1 Å². The average molecular weight is 282 g/mol. The van der Waals surface area contributed by atoms with Gasteiger partial charge in [-0.15, -0.1) is 0 Å². The molecule has 0 saturated carbocycles. The highest BCUT2D eigenvalue weighted by Crippen LogP contribution is 2.16. The number of nitrogens with one attached hydrogen (secondary N) is 1. The minimum Gasteiger partial charge on any atom is -0.389 e. The number of aromatic nitrogens is 2. The van der Waals surface area contributed by atoms with E-state index in [1.807, 2.05) is 17.8 Å². The molecule has 1 aromatic heterocycles. The van der Waals surface area contributed by atoms with Crippen LogP contribution in [0.15, 0.2) is 12.4 Å². The van der Waals surface area contributed by atoms with Crippen LogP contribution in [0.3, 0.4) is 0 Å². The number of aliphatic hydroxyl groups excluding tert-OH is 1. The summed E-state index contributed by atoms with van der Waals surface area (Å²) in [6.45, 7) is 8.20. The maximum absolute atomic E-state index is 10.3. The SMILES string of the molecule is CCN(CC)C[C@@H]1OCC(NCc2nccn2C)[C@H]1O. The van der Waals surface area contributed by atoms with E-state index < -0.39 is 6.10 Å². The van der Waals surface area contributed by atoms with Gasteiger partial charge in [0, 0.05) is 26.0 Å². The molecule has 6 nitrogen and oxygen atoms in total. The first kappa shape index (κ1) is 15.4. The summed E-state index contributed by atoms with van der Waals surface area (Å²) >= 11 is 0. The summed E-state index contributed by atoms with van der Waals surface area (Å²) in [7, 11) is 1.97. The fraction of sp³-hybridized carbons (Fsp3) is 0.786. The maximum atomic E-state index is 10.3. The molecule has 1 saturated heterocycles. The predicted octanol–water partition coefficient (Wildman–Crippen LogP) is -0.0202. The highest BCUT2D eigenvalue weighted by Gasteiger charge is 2.36. The summed E-state index contributed by atoms with van der Waals surface area (Å²) < 4.78 is 7.71. The molecule has 114 valence electrons. The Bertz CT molecular complexity index is 406. The molecule has 0 radical (unpaired) electrons. The molecule has 20 heavy (non-hydrogen) atoms. The number of aryl methyl sites for hydroxylation is 1. The van der Waals surface area contributed by atoms with Crippen LogP contribution >= 0.6 is 0 Å². The molecule has 6 heteroatoms. The number of nitrogens with zero attached hydrogens (tertiary/aromatic N) is 3. The van der Waals surface area contributed by atoms with Crippen LogP contribution in [0.25, 0.3) is 0 Å². The first-order valence-electron chi connectivity index (χ1n) is 7.37. The zero-order chi connectivity index (χ0) is 14.5. The van der Waals surface area contributed by atoms with Crippen molar-refractivity contribution in [3.05, 3.63) is 18.2 Å². The average Bonchev–Trinajstić information content (AvgIpc) is 3.01. The third-order valence-electron chi connectivity index (χ3n) is 4.06. The summed E-state index contributed by atoms with van der Waals surface area (Å²) in [5, 5.41) is 13.7. The van der Waals surface area contributed by atoms with Gasteiger partial charge in [-0.3, -0.25) is 0 Å². The Morgan fingerprint density at radius 1 is 1.50 bits per heavy atom. The summed E-state index contributed by atoms with van der Waals surface area (Å²) in [6.07, 6.45) is 3.13. The molecule has 1 fully saturated rings. The second-order valence-electron chi connectivity index (χ2n) is 5.29. The number of rotatable bonds is 7. The second kappa shape index (κ2) is 7.17. The van der Waals surface area contributed by atoms with Crippen LogP contribution in [-0.4, -0.2) is 64.0 Å². The van der Waals surface area contributed by atoms with Gasteiger partial charge in [0.25, 0.3) is 0 Å². The Morgan fingerprint density at radius 2 is 2.25 bits per heavy atom. The Morgan fingerprint density at radius 3 is 2.85 bits per heavy atom. The van der Waals surface area contributed by atoms with E-state index in [0.29, 0.717) is 13.2 Å². The van der Waals surface area contributed by atoms with Crippen molar-refractivity contribution in [2.45, 2.75) is 38.6 Å². The van der Waals surface area contributed by atoms with Gasteiger partial charge in [-0.05, 0) is 13.1 Å². The topological polar surface area (TPSA) is 62.5 Å². The number of imidazole rings is 1. The van der Waals surface area contributed by atoms with Crippen LogP contribution in [-0.2, 0) is 18.3 Å². The van der Waals surface area contributed by atoms with Crippen molar-refractivity contribution < 1.29 is 9.84 Å². The predicted molar refractivity (Wildman–Crippen MR) is 77.4 cm³/mol. The van der Waals surface area contributed by atoms with Crippen molar-refractivity contribution >= 4 is 0 Å². The van der Waals surface area contributed by atoms with E-state index in [4.69, 9.17) is 4.74 Å². The lowest BCUT2D eigenvalue weighted by Gasteiger charge is -2.24. The number of hydrogen-bond donors (Lipinski definition) is 2. The minimum atomic E-state index is -0.462. The third-order valence-corrected chi connectivity index (χ3v) is 4.06. The quantitative estimate of drug-likeness (QED) is 0.736. The second-order valence-corrected chi connectivity index (χ2v) is 5.29. The summed E-state index contributed by atoms with van der Waals surface area (Å²) in [5.74, 6) is 0.962. The van der Waals surface area contributed by atoms with E-state index in [2.05, 4.69) is 29.0 Å². The zero-order valence-electron chi connectivity index (χ0n) is 12.6. The highest BCUT2D eigenvalue weighted by atomic mass is 16.5. The van der Waals surface area contributed by atoms with Gasteiger partial charge in [0.15, 0.2) is 0 Å². The minimum absolute atomic E-state index is 0.0211. The van der Waals surface area contributed by atoms with Crippen LogP contribution in [0, 0.1) is 0 Å². The highest BCUT2D eigenvalue weighted by molar-refractivity contribution is 4.94. The molecule has 3 atom stereocenters. The van der Waals surface area contributed by atoms with Gasteiger partial charge in [0.2, 0.25) is 0 Å². The fourth-order valence-corrected chi connectivity index (χ4v) is 2.55. The van der Waals surface area contributed by atoms with Crippen molar-refractivity contribution in [1.29, 1.82) is 0 Å². The molecule has 0 aliphatic carbocycles. The lowest BCUT2D eigenvalue weighted by Crippen LogP contribution is -2.44. The molecular weight excluding hydrogens is 256 g/mol. The lowest BCUT2D eigenvalue weighted by atomic mass is 10.1. The summed E-state index contributed by atoms with van der Waals surface area (Å²) in [5.41, 5.74) is 0. The van der Waals surface area contributed by atoms with Gasteiger partial charge >= 0.3 is 0 Å². The van der Waals surface area contributed by atoms with Crippen LogP contribution in [0.2, 0.25) is 0 Å². The monoisotopic (exact) mass is 282 g/mol. The molecule has 1 aromatic rings. The van der Waals surface area contributed by atoms with Crippen molar-refractivity contribution in [2.24, 2.45) is 7.05 Å². The van der Waals surface area contributed by atoms with Crippen LogP contribution in [0.1, 0.15) is 19.7 Å². The molecule has 0 amide bonds. The Labute approximate surface area is 120 Å². The van der Waals surface area contributed by atoms with Crippen molar-refractivity contribution in [3.8, 4) is 0 Å². The first-order valence-corrected chi connectivity index (χ1v) is 7.37. The maximum Gasteiger partial charge on any atom is 0.122 e. The number of likely N-dealkylation sites (N-methyl/N-ethyl adjacent to an activating group) is 1. The smallest absolute Gasteiger partial charge is 0.122 e. The van der Waals surface area contributed by atoms with E-state index >= 15 is 0 Å². The molecule has 0 spiro atoms. The van der Waals surface area contributed by atoms with Crippen molar-refractivity contribution in [2.75, 3.05) is 26.2 Å². The Kier molecular flexibility index (Phi) is 5.54. The number of aliphatic hydroxyl groups is 1. The molecule has 0 aromatic carbocycles. The Hall–Kier alpha value is -0.950. The van der Waals surface area contributed by atoms with E-state index in [9.17, 15) is 5.11 Å². The van der Waals surface area contributed by atoms with Gasteiger partial charge in [-0.1, -0.05) is 13.8 Å². The van der Waals surface area contributed by atoms with Crippen LogP contribution < -0.4 is 5.32 Å². The summed E-state index contributed by atoms with van der Waals surface area (Å²) in [4.78, 5) is 6.54. The molecule has 1 aliphatic rings. The van der Waals surface area contributed by atoms with Crippen LogP contribution in [0.5, 0.6) is 0 Å². The largest absolute Gasteiger partial charge is 0.389 e. The first-order chi connectivity index (χ1) is 9.65. The third kappa shape index (κ3) is 3.58. The molecule has 1 unspecified atom stereocenters. The molecule has 0 bridgehead atoms. The van der Waals surface area contributed by atoms with Crippen LogP contribution in [0.4, 0.5) is 0 Å². The summed E-state index contributed by atoms with van der Waals surface area (Å²) in [6, 6.07) is -0.0211.